The minimum atomic E-state index is 0.0251. The van der Waals surface area contributed by atoms with E-state index >= 15 is 0 Å². The van der Waals surface area contributed by atoms with Gasteiger partial charge < -0.3 is 5.11 Å². The highest BCUT2D eigenvalue weighted by molar-refractivity contribution is 6.30. The number of benzene rings is 1. The molecule has 5 heteroatoms. The molecule has 1 aromatic carbocycles. The van der Waals surface area contributed by atoms with Gasteiger partial charge in [0.25, 0.3) is 0 Å². The van der Waals surface area contributed by atoms with Crippen molar-refractivity contribution in [1.82, 2.24) is 14.8 Å². The van der Waals surface area contributed by atoms with Gasteiger partial charge in [-0.15, -0.1) is 0 Å². The van der Waals surface area contributed by atoms with Crippen molar-refractivity contribution in [2.24, 2.45) is 0 Å². The first-order valence-corrected chi connectivity index (χ1v) is 6.85. The molecule has 1 atom stereocenters. The number of nitrogens with zero attached hydrogens (tertiary/aromatic N) is 3. The van der Waals surface area contributed by atoms with Crippen LogP contribution in [0.25, 0.3) is 0 Å². The molecule has 2 rings (SSSR count). The topological polar surface area (TPSA) is 50.9 Å². The van der Waals surface area contributed by atoms with Crippen LogP contribution in [0, 0.1) is 0 Å². The molecular formula is C14H18ClN3O. The molecule has 0 fully saturated rings. The SMILES string of the molecule is CCCn1ncnc1CC(CO)c1ccc(Cl)cc1. The van der Waals surface area contributed by atoms with E-state index in [0.717, 1.165) is 24.4 Å². The first-order chi connectivity index (χ1) is 9.24. The molecular weight excluding hydrogens is 262 g/mol. The van der Waals surface area contributed by atoms with Crippen LogP contribution < -0.4 is 0 Å². The predicted octanol–water partition coefficient (Wildman–Crippen LogP) is 2.66. The number of hydrogen-bond acceptors (Lipinski definition) is 3. The number of hydrogen-bond donors (Lipinski definition) is 1. The van der Waals surface area contributed by atoms with Gasteiger partial charge in [-0.2, -0.15) is 5.10 Å². The summed E-state index contributed by atoms with van der Waals surface area (Å²) in [4.78, 5) is 4.28. The third kappa shape index (κ3) is 3.55. The standard InChI is InChI=1S/C14H18ClN3O/c1-2-7-18-14(16-10-17-18)8-12(9-19)11-3-5-13(15)6-4-11/h3-6,10,12,19H,2,7-9H2,1H3. The van der Waals surface area contributed by atoms with Gasteiger partial charge in [-0.25, -0.2) is 4.98 Å². The lowest BCUT2D eigenvalue weighted by molar-refractivity contribution is 0.262. The van der Waals surface area contributed by atoms with E-state index in [2.05, 4.69) is 17.0 Å². The molecule has 0 aliphatic carbocycles. The highest BCUT2D eigenvalue weighted by atomic mass is 35.5. The summed E-state index contributed by atoms with van der Waals surface area (Å²) in [5, 5.41) is 14.5. The summed E-state index contributed by atoms with van der Waals surface area (Å²) >= 11 is 5.88. The van der Waals surface area contributed by atoms with Gasteiger partial charge in [-0.1, -0.05) is 30.7 Å². The second-order valence-corrected chi connectivity index (χ2v) is 4.97. The molecule has 0 aliphatic rings. The molecule has 0 amide bonds. The van der Waals surface area contributed by atoms with Crippen molar-refractivity contribution in [3.63, 3.8) is 0 Å². The van der Waals surface area contributed by atoms with Crippen LogP contribution in [0.1, 0.15) is 30.7 Å². The quantitative estimate of drug-likeness (QED) is 0.884. The van der Waals surface area contributed by atoms with E-state index in [0.29, 0.717) is 11.4 Å². The van der Waals surface area contributed by atoms with Crippen molar-refractivity contribution in [2.45, 2.75) is 32.2 Å². The summed E-state index contributed by atoms with van der Waals surface area (Å²) in [5.74, 6) is 0.938. The molecule has 0 bridgehead atoms. The van der Waals surface area contributed by atoms with Gasteiger partial charge in [-0.3, -0.25) is 4.68 Å². The molecule has 0 radical (unpaired) electrons. The Morgan fingerprint density at radius 3 is 2.68 bits per heavy atom. The Morgan fingerprint density at radius 1 is 1.32 bits per heavy atom. The van der Waals surface area contributed by atoms with Crippen LogP contribution in [0.2, 0.25) is 5.02 Å². The number of aromatic nitrogens is 3. The van der Waals surface area contributed by atoms with Gasteiger partial charge in [0.2, 0.25) is 0 Å². The van der Waals surface area contributed by atoms with Gasteiger partial charge in [0.05, 0.1) is 6.61 Å². The van der Waals surface area contributed by atoms with Gasteiger partial charge in [-0.05, 0) is 24.1 Å². The molecule has 1 N–H and O–H groups in total. The maximum atomic E-state index is 9.58. The summed E-state index contributed by atoms with van der Waals surface area (Å²) in [6.45, 7) is 3.04. The second-order valence-electron chi connectivity index (χ2n) is 4.53. The van der Waals surface area contributed by atoms with Crippen LogP contribution in [0.4, 0.5) is 0 Å². The smallest absolute Gasteiger partial charge is 0.138 e. The van der Waals surface area contributed by atoms with E-state index in [4.69, 9.17) is 11.6 Å². The second kappa shape index (κ2) is 6.68. The van der Waals surface area contributed by atoms with E-state index in [-0.39, 0.29) is 12.5 Å². The Balaban J connectivity index is 2.14. The van der Waals surface area contributed by atoms with E-state index in [1.54, 1.807) is 6.33 Å². The normalized spacial score (nSPS) is 12.6. The molecule has 0 saturated heterocycles. The van der Waals surface area contributed by atoms with Gasteiger partial charge in [0.15, 0.2) is 0 Å². The fourth-order valence-electron chi connectivity index (χ4n) is 2.09. The average Bonchev–Trinajstić information content (AvgIpc) is 2.85. The molecule has 4 nitrogen and oxygen atoms in total. The Bertz CT molecular complexity index is 510. The molecule has 102 valence electrons. The van der Waals surface area contributed by atoms with Crippen LogP contribution in [-0.4, -0.2) is 26.5 Å². The Hall–Kier alpha value is -1.39. The molecule has 0 spiro atoms. The van der Waals surface area contributed by atoms with Crippen molar-refractivity contribution in [3.05, 3.63) is 47.0 Å². The average molecular weight is 280 g/mol. The molecule has 0 aliphatic heterocycles. The summed E-state index contributed by atoms with van der Waals surface area (Å²) in [5.41, 5.74) is 1.07. The van der Waals surface area contributed by atoms with E-state index in [9.17, 15) is 5.11 Å². The van der Waals surface area contributed by atoms with Crippen molar-refractivity contribution in [1.29, 1.82) is 0 Å². The Labute approximate surface area is 118 Å². The molecule has 1 aromatic heterocycles. The maximum Gasteiger partial charge on any atom is 0.138 e. The van der Waals surface area contributed by atoms with Crippen LogP contribution >= 0.6 is 11.6 Å². The Morgan fingerprint density at radius 2 is 2.05 bits per heavy atom. The zero-order valence-corrected chi connectivity index (χ0v) is 11.7. The lowest BCUT2D eigenvalue weighted by Crippen LogP contribution is -2.13. The fraction of sp³-hybridized carbons (Fsp3) is 0.429. The third-order valence-electron chi connectivity index (χ3n) is 3.12. The summed E-state index contributed by atoms with van der Waals surface area (Å²) in [6.07, 6.45) is 3.26. The highest BCUT2D eigenvalue weighted by Crippen LogP contribution is 2.21. The molecule has 19 heavy (non-hydrogen) atoms. The minimum Gasteiger partial charge on any atom is -0.396 e. The molecule has 0 saturated carbocycles. The number of aliphatic hydroxyl groups excluding tert-OH is 1. The zero-order chi connectivity index (χ0) is 13.7. The summed E-state index contributed by atoms with van der Waals surface area (Å²) < 4.78 is 1.90. The first kappa shape index (κ1) is 14.0. The Kier molecular flexibility index (Phi) is 4.93. The van der Waals surface area contributed by atoms with Gasteiger partial charge in [0, 0.05) is 23.9 Å². The van der Waals surface area contributed by atoms with E-state index < -0.39 is 0 Å². The fourth-order valence-corrected chi connectivity index (χ4v) is 2.21. The molecule has 2 aromatic rings. The maximum absolute atomic E-state index is 9.58. The molecule has 1 unspecified atom stereocenters. The molecule has 1 heterocycles. The lowest BCUT2D eigenvalue weighted by Gasteiger charge is -2.14. The van der Waals surface area contributed by atoms with Crippen molar-refractivity contribution < 1.29 is 5.11 Å². The van der Waals surface area contributed by atoms with Crippen LogP contribution in [0.5, 0.6) is 0 Å². The lowest BCUT2D eigenvalue weighted by atomic mass is 9.96. The largest absolute Gasteiger partial charge is 0.396 e. The van der Waals surface area contributed by atoms with Crippen molar-refractivity contribution in [2.75, 3.05) is 6.61 Å². The number of halogens is 1. The van der Waals surface area contributed by atoms with Crippen LogP contribution in [-0.2, 0) is 13.0 Å². The third-order valence-corrected chi connectivity index (χ3v) is 3.37. The van der Waals surface area contributed by atoms with E-state index in [1.807, 2.05) is 28.9 Å². The van der Waals surface area contributed by atoms with Crippen LogP contribution in [0.15, 0.2) is 30.6 Å². The van der Waals surface area contributed by atoms with Gasteiger partial charge in [0.1, 0.15) is 12.2 Å². The van der Waals surface area contributed by atoms with Crippen LogP contribution in [0.3, 0.4) is 0 Å². The monoisotopic (exact) mass is 279 g/mol. The number of aliphatic hydroxyl groups is 1. The minimum absolute atomic E-state index is 0.0251. The number of aryl methyl sites for hydroxylation is 1. The zero-order valence-electron chi connectivity index (χ0n) is 11.0. The van der Waals surface area contributed by atoms with E-state index in [1.165, 1.54) is 0 Å². The summed E-state index contributed by atoms with van der Waals surface area (Å²) in [6, 6.07) is 7.58. The first-order valence-electron chi connectivity index (χ1n) is 6.47. The van der Waals surface area contributed by atoms with Crippen molar-refractivity contribution in [3.8, 4) is 0 Å². The summed E-state index contributed by atoms with van der Waals surface area (Å²) in [7, 11) is 0. The number of rotatable bonds is 6. The van der Waals surface area contributed by atoms with Gasteiger partial charge >= 0.3 is 0 Å². The van der Waals surface area contributed by atoms with Crippen molar-refractivity contribution >= 4 is 11.6 Å². The predicted molar refractivity (Wildman–Crippen MR) is 75.3 cm³/mol. The highest BCUT2D eigenvalue weighted by Gasteiger charge is 2.15.